The normalized spacial score (nSPS) is 16.9. The van der Waals surface area contributed by atoms with E-state index < -0.39 is 37.2 Å². The van der Waals surface area contributed by atoms with E-state index in [4.69, 9.17) is 0 Å². The number of aromatic amines is 1. The van der Waals surface area contributed by atoms with Crippen molar-refractivity contribution in [2.75, 3.05) is 0 Å². The fourth-order valence-electron chi connectivity index (χ4n) is 5.12. The Morgan fingerprint density at radius 2 is 1.65 bits per heavy atom. The van der Waals surface area contributed by atoms with Gasteiger partial charge in [-0.05, 0) is 59.0 Å². The first-order valence-electron chi connectivity index (χ1n) is 13.3. The van der Waals surface area contributed by atoms with Crippen LogP contribution in [0.2, 0.25) is 0 Å². The van der Waals surface area contributed by atoms with Crippen LogP contribution in [0.15, 0.2) is 102 Å². The molecule has 0 saturated carbocycles. The number of nitrogens with zero attached hydrogens (tertiary/aromatic N) is 2. The molecule has 1 fully saturated rings. The first kappa shape index (κ1) is 28.3. The predicted molar refractivity (Wildman–Crippen MR) is 160 cm³/mol. The highest BCUT2D eigenvalue weighted by Crippen LogP contribution is 2.31. The van der Waals surface area contributed by atoms with Crippen LogP contribution in [0.3, 0.4) is 0 Å². The standard InChI is InChI=1S/C31H25N5O5S2/c32-19-21-8-15-26-27(17-21)34-31(33-26)28(16-20-6-9-24(10-7-20)29-18-30(37)36-43(29,40)41)35-42(38,39)25-13-11-23(12-14-25)22-4-2-1-3-5-22/h1-15,17,28-29,35H,16,18H2,(H,33,34)(H,36,37)/t28-,29?/m0/s1. The Labute approximate surface area is 248 Å². The molecule has 6 rings (SSSR count). The van der Waals surface area contributed by atoms with Crippen LogP contribution in [-0.2, 0) is 31.3 Å². The Kier molecular flexibility index (Phi) is 7.31. The van der Waals surface area contributed by atoms with Gasteiger partial charge in [0.25, 0.3) is 0 Å². The van der Waals surface area contributed by atoms with E-state index in [1.54, 1.807) is 66.7 Å². The van der Waals surface area contributed by atoms with Crippen LogP contribution in [0.25, 0.3) is 22.2 Å². The van der Waals surface area contributed by atoms with Gasteiger partial charge in [-0.2, -0.15) is 5.26 Å². The van der Waals surface area contributed by atoms with Crippen molar-refractivity contribution >= 4 is 37.0 Å². The predicted octanol–water partition coefficient (Wildman–Crippen LogP) is 4.25. The highest BCUT2D eigenvalue weighted by atomic mass is 32.2. The number of hydrogen-bond acceptors (Lipinski definition) is 7. The highest BCUT2D eigenvalue weighted by Gasteiger charge is 2.37. The largest absolute Gasteiger partial charge is 0.341 e. The molecule has 1 amide bonds. The molecule has 1 aromatic heterocycles. The van der Waals surface area contributed by atoms with Gasteiger partial charge in [-0.1, -0.05) is 66.7 Å². The van der Waals surface area contributed by atoms with Crippen molar-refractivity contribution < 1.29 is 21.6 Å². The van der Waals surface area contributed by atoms with Crippen LogP contribution in [0.5, 0.6) is 0 Å². The molecule has 1 aliphatic rings. The number of sulfonamides is 2. The van der Waals surface area contributed by atoms with Crippen molar-refractivity contribution in [3.05, 3.63) is 120 Å². The Morgan fingerprint density at radius 3 is 2.30 bits per heavy atom. The monoisotopic (exact) mass is 611 g/mol. The molecule has 2 atom stereocenters. The molecule has 10 nitrogen and oxygen atoms in total. The van der Waals surface area contributed by atoms with Gasteiger partial charge in [-0.3, -0.25) is 9.52 Å². The smallest absolute Gasteiger partial charge is 0.242 e. The van der Waals surface area contributed by atoms with E-state index in [2.05, 4.69) is 20.8 Å². The lowest BCUT2D eigenvalue weighted by Gasteiger charge is -2.18. The molecule has 0 radical (unpaired) electrons. The molecule has 0 spiro atoms. The van der Waals surface area contributed by atoms with Gasteiger partial charge in [0.15, 0.2) is 0 Å². The summed E-state index contributed by atoms with van der Waals surface area (Å²) in [7, 11) is -7.80. The number of nitrogens with one attached hydrogen (secondary N) is 3. The fraction of sp³-hybridized carbons (Fsp3) is 0.129. The summed E-state index contributed by atoms with van der Waals surface area (Å²) in [6.07, 6.45) is 0.0258. The second-order valence-corrected chi connectivity index (χ2v) is 13.8. The van der Waals surface area contributed by atoms with Crippen LogP contribution in [-0.4, -0.2) is 32.7 Å². The lowest BCUT2D eigenvalue weighted by molar-refractivity contribution is -0.118. The van der Waals surface area contributed by atoms with E-state index in [0.717, 1.165) is 11.1 Å². The van der Waals surface area contributed by atoms with Gasteiger partial charge in [0.2, 0.25) is 26.0 Å². The molecule has 2 heterocycles. The molecule has 0 bridgehead atoms. The van der Waals surface area contributed by atoms with Crippen molar-refractivity contribution in [2.45, 2.75) is 29.0 Å². The second kappa shape index (κ2) is 11.1. The van der Waals surface area contributed by atoms with Crippen LogP contribution in [0.1, 0.15) is 40.2 Å². The third-order valence-corrected chi connectivity index (χ3v) is 10.5. The molecule has 3 N–H and O–H groups in total. The summed E-state index contributed by atoms with van der Waals surface area (Å²) < 4.78 is 56.6. The number of imidazole rings is 1. The maximum atomic E-state index is 13.6. The summed E-state index contributed by atoms with van der Waals surface area (Å²) >= 11 is 0. The molecule has 1 aliphatic heterocycles. The van der Waals surface area contributed by atoms with Gasteiger partial charge in [-0.25, -0.2) is 26.5 Å². The van der Waals surface area contributed by atoms with E-state index >= 15 is 0 Å². The number of carbonyl (C=O) groups is 1. The van der Waals surface area contributed by atoms with Gasteiger partial charge < -0.3 is 4.98 Å². The van der Waals surface area contributed by atoms with Gasteiger partial charge in [-0.15, -0.1) is 0 Å². The minimum atomic E-state index is -4.01. The number of benzene rings is 4. The molecule has 43 heavy (non-hydrogen) atoms. The quantitative estimate of drug-likeness (QED) is 0.236. The second-order valence-electron chi connectivity index (χ2n) is 10.2. The Balaban J connectivity index is 1.31. The lowest BCUT2D eigenvalue weighted by Crippen LogP contribution is -2.31. The van der Waals surface area contributed by atoms with Crippen LogP contribution in [0, 0.1) is 11.3 Å². The molecule has 4 aromatic carbocycles. The number of amides is 1. The summed E-state index contributed by atoms with van der Waals surface area (Å²) in [5, 5.41) is 8.31. The van der Waals surface area contributed by atoms with Gasteiger partial charge >= 0.3 is 0 Å². The zero-order valence-corrected chi connectivity index (χ0v) is 24.2. The van der Waals surface area contributed by atoms with E-state index in [0.29, 0.717) is 33.5 Å². The fourth-order valence-corrected chi connectivity index (χ4v) is 7.75. The molecule has 216 valence electrons. The number of carbonyl (C=O) groups excluding carboxylic acids is 1. The van der Waals surface area contributed by atoms with Crippen molar-refractivity contribution in [3.8, 4) is 17.2 Å². The van der Waals surface area contributed by atoms with Gasteiger partial charge in [0, 0.05) is 0 Å². The minimum absolute atomic E-state index is 0.0824. The van der Waals surface area contributed by atoms with Crippen LogP contribution < -0.4 is 9.44 Å². The molecule has 5 aromatic rings. The van der Waals surface area contributed by atoms with Crippen molar-refractivity contribution in [2.24, 2.45) is 0 Å². The Bertz CT molecular complexity index is 2090. The highest BCUT2D eigenvalue weighted by molar-refractivity contribution is 7.90. The average molecular weight is 612 g/mol. The van der Waals surface area contributed by atoms with E-state index in [9.17, 15) is 26.9 Å². The molecule has 0 aliphatic carbocycles. The number of hydrogen-bond donors (Lipinski definition) is 3. The Hall–Kier alpha value is -4.83. The summed E-state index contributed by atoms with van der Waals surface area (Å²) in [6.45, 7) is 0. The summed E-state index contributed by atoms with van der Waals surface area (Å²) in [6, 6.07) is 29.1. The summed E-state index contributed by atoms with van der Waals surface area (Å²) in [5.41, 5.74) is 4.61. The number of nitriles is 1. The van der Waals surface area contributed by atoms with Crippen LogP contribution in [0.4, 0.5) is 0 Å². The zero-order chi connectivity index (χ0) is 30.2. The molecule has 1 unspecified atom stereocenters. The van der Waals surface area contributed by atoms with Crippen LogP contribution >= 0.6 is 0 Å². The Morgan fingerprint density at radius 1 is 0.953 bits per heavy atom. The first-order chi connectivity index (χ1) is 20.6. The lowest BCUT2D eigenvalue weighted by atomic mass is 10.0. The third-order valence-electron chi connectivity index (χ3n) is 7.32. The molecule has 1 saturated heterocycles. The van der Waals surface area contributed by atoms with Crippen molar-refractivity contribution in [1.82, 2.24) is 19.4 Å². The van der Waals surface area contributed by atoms with Gasteiger partial charge in [0.1, 0.15) is 11.1 Å². The van der Waals surface area contributed by atoms with E-state index in [1.165, 1.54) is 0 Å². The minimum Gasteiger partial charge on any atom is -0.341 e. The zero-order valence-electron chi connectivity index (χ0n) is 22.6. The summed E-state index contributed by atoms with van der Waals surface area (Å²) in [5.74, 6) is -0.198. The number of rotatable bonds is 8. The molecule has 12 heteroatoms. The summed E-state index contributed by atoms with van der Waals surface area (Å²) in [4.78, 5) is 19.5. The van der Waals surface area contributed by atoms with Crippen molar-refractivity contribution in [3.63, 3.8) is 0 Å². The van der Waals surface area contributed by atoms with E-state index in [-0.39, 0.29) is 17.7 Å². The first-order valence-corrected chi connectivity index (χ1v) is 16.4. The third kappa shape index (κ3) is 5.91. The maximum Gasteiger partial charge on any atom is 0.242 e. The maximum absolute atomic E-state index is 13.6. The van der Waals surface area contributed by atoms with Gasteiger partial charge in [0.05, 0.1) is 40.0 Å². The average Bonchev–Trinajstić information content (AvgIpc) is 3.56. The number of aromatic nitrogens is 2. The SMILES string of the molecule is N#Cc1ccc2nc([C@H](Cc3ccc(C4CC(=O)NS4(=O)=O)cc3)NS(=O)(=O)c3ccc(-c4ccccc4)cc3)[nH]c2c1. The van der Waals surface area contributed by atoms with E-state index in [1.807, 2.05) is 35.1 Å². The molecular weight excluding hydrogens is 587 g/mol. The number of fused-ring (bicyclic) bond motifs is 1. The number of H-pyrrole nitrogens is 1. The molecular formula is C31H25N5O5S2. The topological polar surface area (TPSA) is 162 Å². The van der Waals surface area contributed by atoms with Crippen molar-refractivity contribution in [1.29, 1.82) is 5.26 Å².